The lowest BCUT2D eigenvalue weighted by Crippen LogP contribution is -2.78. The van der Waals surface area contributed by atoms with Crippen molar-refractivity contribution in [3.63, 3.8) is 0 Å². The molecule has 0 spiro atoms. The molecule has 4 N–H and O–H groups in total. The van der Waals surface area contributed by atoms with Crippen LogP contribution < -0.4 is 5.73 Å². The van der Waals surface area contributed by atoms with Crippen LogP contribution in [0.2, 0.25) is 0 Å². The number of hydrogen-bond acceptors (Lipinski definition) is 11. The number of aromatic nitrogens is 3. The summed E-state index contributed by atoms with van der Waals surface area (Å²) >= 11 is 4.31. The van der Waals surface area contributed by atoms with Gasteiger partial charge in [-0.3, -0.25) is 15.4 Å². The Bertz CT molecular complexity index is 2900. The number of fused-ring (bicyclic) bond motifs is 1. The quantitative estimate of drug-likeness (QED) is 0.0315. The van der Waals surface area contributed by atoms with Gasteiger partial charge in [0.1, 0.15) is 21.8 Å². The summed E-state index contributed by atoms with van der Waals surface area (Å²) < 4.78 is 12.1. The molecule has 1 saturated heterocycles. The molecule has 1 fully saturated rings. The highest BCUT2D eigenvalue weighted by molar-refractivity contribution is 8.20. The Morgan fingerprint density at radius 2 is 1.23 bits per heavy atom. The van der Waals surface area contributed by atoms with E-state index in [9.17, 15) is 9.90 Å². The third-order valence-electron chi connectivity index (χ3n) is 13.0. The van der Waals surface area contributed by atoms with Gasteiger partial charge in [-0.05, 0) is 62.4 Å². The molecule has 1 amide bonds. The first-order valence-electron chi connectivity index (χ1n) is 23.4. The maximum absolute atomic E-state index is 15.9. The highest BCUT2D eigenvalue weighted by Gasteiger charge is 2.65. The summed E-state index contributed by atoms with van der Waals surface area (Å²) in [7, 11) is 1.41. The van der Waals surface area contributed by atoms with Gasteiger partial charge in [0.15, 0.2) is 6.10 Å². The number of aromatic hydroxyl groups is 1. The highest BCUT2D eigenvalue weighted by atomic mass is 32.2. The van der Waals surface area contributed by atoms with E-state index in [2.05, 4.69) is 93.4 Å². The van der Waals surface area contributed by atoms with Crippen LogP contribution in [-0.4, -0.2) is 60.1 Å². The van der Waals surface area contributed by atoms with E-state index in [1.165, 1.54) is 47.3 Å². The minimum Gasteiger partial charge on any atom is -0.507 e. The van der Waals surface area contributed by atoms with Crippen LogP contribution in [0.3, 0.4) is 0 Å². The van der Waals surface area contributed by atoms with Gasteiger partial charge in [-0.1, -0.05) is 217 Å². The molecule has 2 aliphatic rings. The fourth-order valence-corrected chi connectivity index (χ4v) is 14.0. The van der Waals surface area contributed by atoms with Crippen LogP contribution in [0.5, 0.6) is 5.75 Å². The molecule has 7 aromatic rings. The number of rotatable bonds is 14. The van der Waals surface area contributed by atoms with Gasteiger partial charge in [0.25, 0.3) is 5.91 Å². The molecule has 9 rings (SSSR count). The smallest absolute Gasteiger partial charge is 0.357 e. The van der Waals surface area contributed by atoms with Gasteiger partial charge < -0.3 is 14.6 Å². The van der Waals surface area contributed by atoms with Crippen molar-refractivity contribution in [3.05, 3.63) is 230 Å². The van der Waals surface area contributed by atoms with Gasteiger partial charge in [0, 0.05) is 23.1 Å². The topological polar surface area (TPSA) is 144 Å². The Labute approximate surface area is 428 Å². The van der Waals surface area contributed by atoms with Crippen molar-refractivity contribution in [2.75, 3.05) is 7.11 Å². The molecule has 0 radical (unpaired) electrons. The van der Waals surface area contributed by atoms with E-state index in [1.807, 2.05) is 133 Å². The fraction of sp³-hybridized carbons (Fsp3) is 0.241. The first kappa shape index (κ1) is 49.6. The van der Waals surface area contributed by atoms with Crippen molar-refractivity contribution in [2.45, 2.75) is 84.6 Å². The third kappa shape index (κ3) is 9.49. The molecule has 6 aromatic carbocycles. The van der Waals surface area contributed by atoms with Crippen LogP contribution >= 0.6 is 35.3 Å². The maximum atomic E-state index is 15.9. The van der Waals surface area contributed by atoms with Gasteiger partial charge in [-0.15, -0.1) is 16.9 Å². The second-order valence-electron chi connectivity index (χ2n) is 19.7. The molecular weight excluding hydrogens is 943 g/mol. The number of amides is 1. The molecule has 1 aromatic heterocycles. The Balaban J connectivity index is 1.37. The number of phenols is 1. The Morgan fingerprint density at radius 1 is 0.761 bits per heavy atom. The van der Waals surface area contributed by atoms with E-state index in [4.69, 9.17) is 15.2 Å². The second-order valence-corrected chi connectivity index (χ2v) is 23.3. The van der Waals surface area contributed by atoms with Crippen LogP contribution in [0.25, 0.3) is 6.08 Å². The number of esters is 1. The number of β-lactam (4-membered cyclic amide) rings is 1. The number of thioether (sulfide) groups is 3. The average molecular weight is 1000 g/mol. The number of benzene rings is 6. The number of carbonyl (C=O) groups is 2. The molecule has 0 bridgehead atoms. The summed E-state index contributed by atoms with van der Waals surface area (Å²) in [5.74, 6) is -1.06. The zero-order valence-electron chi connectivity index (χ0n) is 40.7. The monoisotopic (exact) mass is 999 g/mol. The second kappa shape index (κ2) is 20.0. The van der Waals surface area contributed by atoms with Crippen molar-refractivity contribution in [2.24, 2.45) is 5.73 Å². The number of methoxy groups -OCH3 is 1. The molecule has 0 aliphatic carbocycles. The van der Waals surface area contributed by atoms with Crippen molar-refractivity contribution < 1.29 is 24.2 Å². The SMILES string of the molecule is CO[C@]1(N)C(=O)N2C(C(=O)OC(c3ccccc3)c3ccccc3)=C(SC(Sc3cn[nH]n3)C(c3ccccc3)(c3ccccc3)c3ccccc3)C(=Cc3cc(C(C)(C)C)c(O)c(C(C)(C)C)c3)S[C@H]21. The number of nitrogens with zero attached hydrogens (tertiary/aromatic N) is 3. The predicted molar refractivity (Wildman–Crippen MR) is 286 cm³/mol. The van der Waals surface area contributed by atoms with E-state index in [1.54, 1.807) is 6.20 Å². The summed E-state index contributed by atoms with van der Waals surface area (Å²) in [6.45, 7) is 12.5. The predicted octanol–water partition coefficient (Wildman–Crippen LogP) is 12.1. The van der Waals surface area contributed by atoms with Crippen LogP contribution in [0, 0.1) is 0 Å². The Hall–Kier alpha value is -6.35. The maximum Gasteiger partial charge on any atom is 0.357 e. The summed E-state index contributed by atoms with van der Waals surface area (Å²) in [5.41, 5.74) is 10.1. The van der Waals surface area contributed by atoms with E-state index < -0.39 is 49.9 Å². The molecule has 3 atom stereocenters. The van der Waals surface area contributed by atoms with Crippen molar-refractivity contribution in [3.8, 4) is 5.75 Å². The molecular formula is C58H57N5O5S3. The largest absolute Gasteiger partial charge is 0.507 e. The third-order valence-corrected chi connectivity index (χ3v) is 17.3. The Kier molecular flexibility index (Phi) is 14.0. The van der Waals surface area contributed by atoms with Crippen molar-refractivity contribution >= 4 is 53.2 Å². The molecule has 2 aliphatic heterocycles. The highest BCUT2D eigenvalue weighted by Crippen LogP contribution is 2.60. The van der Waals surface area contributed by atoms with E-state index in [0.717, 1.165) is 44.5 Å². The van der Waals surface area contributed by atoms with Crippen molar-refractivity contribution in [1.82, 2.24) is 20.3 Å². The summed E-state index contributed by atoms with van der Waals surface area (Å²) in [6.07, 6.45) is 2.89. The van der Waals surface area contributed by atoms with Gasteiger partial charge in [0.05, 0.1) is 21.1 Å². The molecule has 10 nitrogen and oxygen atoms in total. The number of ether oxygens (including phenoxy) is 2. The fourth-order valence-electron chi connectivity index (χ4n) is 9.34. The molecule has 362 valence electrons. The zero-order valence-corrected chi connectivity index (χ0v) is 43.1. The lowest BCUT2D eigenvalue weighted by Gasteiger charge is -2.55. The molecule has 13 heteroatoms. The minimum absolute atomic E-state index is 0.0321. The lowest BCUT2D eigenvalue weighted by molar-refractivity contribution is -0.183. The van der Waals surface area contributed by atoms with Crippen LogP contribution in [0.15, 0.2) is 191 Å². The molecule has 1 unspecified atom stereocenters. The van der Waals surface area contributed by atoms with E-state index in [-0.39, 0.29) is 11.4 Å². The standard InChI is InChI=1S/C58H57N5O5S3/c1-55(2,3)43-33-37(34-44(48(43)64)56(4,5)6)35-45-50(47(63-52(66)58(59,67-7)53(63)69-45)51(65)68-49(38-23-13-8-14-24-38)39-25-15-9-16-26-39)71-54(70-46-36-60-62-61-46)57(40-27-17-10-18-28-40,41-29-19-11-20-30-41)42-31-21-12-22-32-42/h8-36,49,53-54,64H,59H2,1-7H3,(H,60,61,62)/t53-,54?,58+/m0/s1. The lowest BCUT2D eigenvalue weighted by atomic mass is 9.70. The number of H-pyrrole nitrogens is 1. The number of hydrogen-bond donors (Lipinski definition) is 3. The average Bonchev–Trinajstić information content (AvgIpc) is 3.90. The molecule has 71 heavy (non-hydrogen) atoms. The van der Waals surface area contributed by atoms with Gasteiger partial charge >= 0.3 is 5.97 Å². The van der Waals surface area contributed by atoms with E-state index in [0.29, 0.717) is 14.8 Å². The first-order chi connectivity index (χ1) is 34.0. The van der Waals surface area contributed by atoms with Crippen LogP contribution in [0.4, 0.5) is 0 Å². The number of aromatic amines is 1. The number of carbonyl (C=O) groups excluding carboxylic acids is 2. The van der Waals surface area contributed by atoms with Crippen molar-refractivity contribution in [1.29, 1.82) is 0 Å². The number of nitrogens with one attached hydrogen (secondary N) is 1. The van der Waals surface area contributed by atoms with Crippen LogP contribution in [-0.2, 0) is 35.3 Å². The summed E-state index contributed by atoms with van der Waals surface area (Å²) in [5, 5.41) is 23.3. The normalized spacial score (nSPS) is 18.3. The molecule has 0 saturated carbocycles. The van der Waals surface area contributed by atoms with Gasteiger partial charge in [-0.25, -0.2) is 4.79 Å². The van der Waals surface area contributed by atoms with Gasteiger partial charge in [-0.2, -0.15) is 10.3 Å². The zero-order chi connectivity index (χ0) is 50.1. The minimum atomic E-state index is -1.78. The molecule has 3 heterocycles. The van der Waals surface area contributed by atoms with Gasteiger partial charge in [0.2, 0.25) is 5.72 Å². The van der Waals surface area contributed by atoms with E-state index >= 15 is 4.79 Å². The first-order valence-corrected chi connectivity index (χ1v) is 26.0. The summed E-state index contributed by atoms with van der Waals surface area (Å²) in [6, 6.07) is 54.2. The number of nitrogens with two attached hydrogens (primary N) is 1. The number of phenolic OH excluding ortho intramolecular Hbond substituents is 1. The van der Waals surface area contributed by atoms with Crippen LogP contribution in [0.1, 0.15) is 92.2 Å². The Morgan fingerprint density at radius 3 is 1.65 bits per heavy atom. The summed E-state index contributed by atoms with van der Waals surface area (Å²) in [4.78, 5) is 33.3.